The van der Waals surface area contributed by atoms with Crippen LogP contribution in [0.15, 0.2) is 52.1 Å². The van der Waals surface area contributed by atoms with Crippen LogP contribution >= 0.6 is 15.9 Å². The van der Waals surface area contributed by atoms with E-state index < -0.39 is 0 Å². The second-order valence-corrected chi connectivity index (χ2v) is 8.72. The van der Waals surface area contributed by atoms with Crippen molar-refractivity contribution in [1.29, 1.82) is 0 Å². The zero-order valence-corrected chi connectivity index (χ0v) is 17.5. The van der Waals surface area contributed by atoms with Crippen LogP contribution in [0.1, 0.15) is 47.8 Å². The number of carbonyl (C=O) groups excluding carboxylic acids is 2. The van der Waals surface area contributed by atoms with Gasteiger partial charge >= 0.3 is 0 Å². The summed E-state index contributed by atoms with van der Waals surface area (Å²) in [5.74, 6) is 1.17. The van der Waals surface area contributed by atoms with Crippen molar-refractivity contribution in [3.8, 4) is 11.5 Å². The Hall–Kier alpha value is -2.60. The Balaban J connectivity index is 1.54. The number of fused-ring (bicyclic) bond motifs is 1. The van der Waals surface area contributed by atoms with Crippen LogP contribution in [0, 0.1) is 6.92 Å². The fourth-order valence-corrected chi connectivity index (χ4v) is 5.10. The van der Waals surface area contributed by atoms with Gasteiger partial charge in [0, 0.05) is 34.5 Å². The van der Waals surface area contributed by atoms with Gasteiger partial charge in [-0.1, -0.05) is 45.8 Å². The highest BCUT2D eigenvalue weighted by Gasteiger charge is 2.39. The number of nitrogens with one attached hydrogen (secondary N) is 1. The number of aryl methyl sites for hydroxylation is 1. The summed E-state index contributed by atoms with van der Waals surface area (Å²) in [7, 11) is 0. The molecule has 5 rings (SSSR count). The number of hydrogen-bond acceptors (Lipinski definition) is 4. The van der Waals surface area contributed by atoms with E-state index in [0.717, 1.165) is 26.9 Å². The molecule has 1 aliphatic carbocycles. The number of allylic oxidation sites excluding steroid dienone is 2. The molecule has 148 valence electrons. The second kappa shape index (κ2) is 7.02. The quantitative estimate of drug-likeness (QED) is 0.727. The van der Waals surface area contributed by atoms with E-state index >= 15 is 0 Å². The monoisotopic (exact) mass is 453 g/mol. The zero-order valence-electron chi connectivity index (χ0n) is 16.0. The molecule has 2 aromatic carbocycles. The Kier molecular flexibility index (Phi) is 4.46. The molecule has 2 atom stereocenters. The average Bonchev–Trinajstić information content (AvgIpc) is 3.14. The molecule has 0 saturated heterocycles. The van der Waals surface area contributed by atoms with E-state index in [4.69, 9.17) is 9.47 Å². The van der Waals surface area contributed by atoms with Crippen molar-refractivity contribution >= 4 is 27.6 Å². The summed E-state index contributed by atoms with van der Waals surface area (Å²) in [5.41, 5.74) is 4.70. The Labute approximate surface area is 177 Å². The number of rotatable bonds is 2. The molecule has 2 heterocycles. The largest absolute Gasteiger partial charge is 0.454 e. The molecule has 0 aromatic heterocycles. The number of ketones is 1. The Morgan fingerprint density at radius 2 is 1.72 bits per heavy atom. The third kappa shape index (κ3) is 3.25. The molecule has 2 aromatic rings. The SMILES string of the molecule is Cc1ccc(C2CC(=O)C3=C(C2)NC(=O)CC3c2cc3c(cc2Br)OCO3)cc1. The molecule has 1 N–H and O–H groups in total. The summed E-state index contributed by atoms with van der Waals surface area (Å²) in [6.45, 7) is 2.23. The van der Waals surface area contributed by atoms with Gasteiger partial charge in [0.05, 0.1) is 0 Å². The van der Waals surface area contributed by atoms with Crippen molar-refractivity contribution in [3.05, 3.63) is 68.8 Å². The zero-order chi connectivity index (χ0) is 20.1. The molecule has 1 amide bonds. The van der Waals surface area contributed by atoms with Gasteiger partial charge in [0.25, 0.3) is 0 Å². The predicted molar refractivity (Wildman–Crippen MR) is 111 cm³/mol. The topological polar surface area (TPSA) is 64.6 Å². The molecule has 0 spiro atoms. The fourth-order valence-electron chi connectivity index (χ4n) is 4.50. The number of benzene rings is 2. The molecular weight excluding hydrogens is 434 g/mol. The predicted octanol–water partition coefficient (Wildman–Crippen LogP) is 4.49. The Bertz CT molecular complexity index is 1060. The Morgan fingerprint density at radius 3 is 2.48 bits per heavy atom. The van der Waals surface area contributed by atoms with Gasteiger partial charge in [0.15, 0.2) is 17.3 Å². The molecule has 0 radical (unpaired) electrons. The van der Waals surface area contributed by atoms with Crippen molar-refractivity contribution in [3.63, 3.8) is 0 Å². The van der Waals surface area contributed by atoms with Gasteiger partial charge in [-0.15, -0.1) is 0 Å². The first-order chi connectivity index (χ1) is 14.0. The van der Waals surface area contributed by atoms with Gasteiger partial charge in [-0.25, -0.2) is 0 Å². The minimum absolute atomic E-state index is 0.0596. The number of Topliss-reactive ketones (excluding diaryl/α,β-unsaturated/α-hetero) is 1. The van der Waals surface area contributed by atoms with Crippen molar-refractivity contribution in [2.45, 2.75) is 38.0 Å². The molecule has 0 fully saturated rings. The van der Waals surface area contributed by atoms with Crippen molar-refractivity contribution in [2.75, 3.05) is 6.79 Å². The standard InChI is InChI=1S/C23H20BrNO4/c1-12-2-4-13(5-3-12)14-6-18-23(19(26)7-14)16(9-22(27)25-18)15-8-20-21(10-17(15)24)29-11-28-20/h2-5,8,10,14,16H,6-7,9,11H2,1H3,(H,25,27). The van der Waals surface area contributed by atoms with Crippen molar-refractivity contribution < 1.29 is 19.1 Å². The first-order valence-corrected chi connectivity index (χ1v) is 10.5. The summed E-state index contributed by atoms with van der Waals surface area (Å²) >= 11 is 3.60. The van der Waals surface area contributed by atoms with Gasteiger partial charge < -0.3 is 14.8 Å². The fraction of sp³-hybridized carbons (Fsp3) is 0.304. The molecule has 2 aliphatic heterocycles. The minimum atomic E-state index is -0.283. The third-order valence-corrected chi connectivity index (χ3v) is 6.64. The van der Waals surface area contributed by atoms with Gasteiger partial charge in [0.1, 0.15) is 0 Å². The van der Waals surface area contributed by atoms with Crippen molar-refractivity contribution in [1.82, 2.24) is 5.32 Å². The molecule has 5 nitrogen and oxygen atoms in total. The van der Waals surface area contributed by atoms with Crippen LogP contribution in [0.4, 0.5) is 0 Å². The number of halogens is 1. The summed E-state index contributed by atoms with van der Waals surface area (Å²) < 4.78 is 11.8. The van der Waals surface area contributed by atoms with Crippen molar-refractivity contribution in [2.24, 2.45) is 0 Å². The maximum absolute atomic E-state index is 13.2. The molecule has 29 heavy (non-hydrogen) atoms. The van der Waals surface area contributed by atoms with Gasteiger partial charge in [-0.05, 0) is 42.5 Å². The average molecular weight is 454 g/mol. The minimum Gasteiger partial charge on any atom is -0.454 e. The maximum Gasteiger partial charge on any atom is 0.231 e. The Morgan fingerprint density at radius 1 is 1.00 bits per heavy atom. The van der Waals surface area contributed by atoms with Crippen LogP contribution in [0.5, 0.6) is 11.5 Å². The third-order valence-electron chi connectivity index (χ3n) is 5.95. The van der Waals surface area contributed by atoms with Crippen LogP contribution in [0.2, 0.25) is 0 Å². The van der Waals surface area contributed by atoms with E-state index in [1.165, 1.54) is 5.56 Å². The van der Waals surface area contributed by atoms with Gasteiger partial charge in [-0.2, -0.15) is 0 Å². The number of ether oxygens (including phenoxy) is 2. The van der Waals surface area contributed by atoms with Crippen LogP contribution in [-0.4, -0.2) is 18.5 Å². The smallest absolute Gasteiger partial charge is 0.231 e. The lowest BCUT2D eigenvalue weighted by atomic mass is 9.73. The first-order valence-electron chi connectivity index (χ1n) is 9.71. The van der Waals surface area contributed by atoms with Gasteiger partial charge in [0.2, 0.25) is 12.7 Å². The number of carbonyl (C=O) groups is 2. The lowest BCUT2D eigenvalue weighted by molar-refractivity contribution is -0.122. The molecular formula is C23H20BrNO4. The van der Waals surface area contributed by atoms with Crippen LogP contribution < -0.4 is 14.8 Å². The lowest BCUT2D eigenvalue weighted by Crippen LogP contribution is -2.38. The first kappa shape index (κ1) is 18.4. The highest BCUT2D eigenvalue weighted by atomic mass is 79.9. The molecule has 6 heteroatoms. The summed E-state index contributed by atoms with van der Waals surface area (Å²) in [4.78, 5) is 25.7. The molecule has 0 bridgehead atoms. The summed E-state index contributed by atoms with van der Waals surface area (Å²) in [6.07, 6.45) is 1.36. The molecule has 2 unspecified atom stereocenters. The highest BCUT2D eigenvalue weighted by molar-refractivity contribution is 9.10. The number of hydrogen-bond donors (Lipinski definition) is 1. The maximum atomic E-state index is 13.2. The van der Waals surface area contributed by atoms with Crippen LogP contribution in [0.3, 0.4) is 0 Å². The summed E-state index contributed by atoms with van der Waals surface area (Å²) in [5, 5.41) is 2.98. The summed E-state index contributed by atoms with van der Waals surface area (Å²) in [6, 6.07) is 12.0. The van der Waals surface area contributed by atoms with E-state index in [1.807, 2.05) is 19.1 Å². The van der Waals surface area contributed by atoms with E-state index in [9.17, 15) is 9.59 Å². The van der Waals surface area contributed by atoms with Crippen LogP contribution in [0.25, 0.3) is 0 Å². The van der Waals surface area contributed by atoms with E-state index in [-0.39, 0.29) is 36.7 Å². The number of amides is 1. The highest BCUT2D eigenvalue weighted by Crippen LogP contribution is 2.47. The van der Waals surface area contributed by atoms with Crippen LogP contribution in [-0.2, 0) is 9.59 Å². The van der Waals surface area contributed by atoms with E-state index in [2.05, 4.69) is 45.5 Å². The van der Waals surface area contributed by atoms with Gasteiger partial charge in [-0.3, -0.25) is 9.59 Å². The van der Waals surface area contributed by atoms with E-state index in [1.54, 1.807) is 0 Å². The normalized spacial score (nSPS) is 23.1. The second-order valence-electron chi connectivity index (χ2n) is 7.86. The molecule has 0 saturated carbocycles. The molecule has 3 aliphatic rings. The van der Waals surface area contributed by atoms with E-state index in [0.29, 0.717) is 24.3 Å². The lowest BCUT2D eigenvalue weighted by Gasteiger charge is -2.35.